The van der Waals surface area contributed by atoms with Crippen LogP contribution >= 0.6 is 0 Å². The first-order chi connectivity index (χ1) is 16.4. The number of nitrogens with two attached hydrogens (primary N) is 1. The van der Waals surface area contributed by atoms with E-state index in [0.29, 0.717) is 25.1 Å². The lowest BCUT2D eigenvalue weighted by atomic mass is 9.98. The minimum atomic E-state index is -0.477. The van der Waals surface area contributed by atoms with Crippen molar-refractivity contribution in [3.05, 3.63) is 59.5 Å². The van der Waals surface area contributed by atoms with Crippen LogP contribution < -0.4 is 5.73 Å². The number of benzene rings is 1. The molecule has 2 aromatic rings. The van der Waals surface area contributed by atoms with Gasteiger partial charge < -0.3 is 20.1 Å². The van der Waals surface area contributed by atoms with E-state index in [-0.39, 0.29) is 29.5 Å². The van der Waals surface area contributed by atoms with Gasteiger partial charge in [-0.3, -0.25) is 9.59 Å². The number of nitrogens with zero attached hydrogens (tertiary/aromatic N) is 2. The zero-order chi connectivity index (χ0) is 24.6. The van der Waals surface area contributed by atoms with E-state index in [1.807, 2.05) is 24.8 Å². The Morgan fingerprint density at radius 2 is 2.06 bits per heavy atom. The number of ether oxygens (including phenoxy) is 2. The van der Waals surface area contributed by atoms with Crippen LogP contribution in [0.5, 0.6) is 0 Å². The van der Waals surface area contributed by atoms with E-state index in [1.54, 1.807) is 30.5 Å². The molecule has 3 heterocycles. The van der Waals surface area contributed by atoms with Gasteiger partial charge in [-0.25, -0.2) is 9.37 Å². The van der Waals surface area contributed by atoms with Gasteiger partial charge in [-0.15, -0.1) is 0 Å². The first kappa shape index (κ1) is 25.8. The molecule has 2 fully saturated rings. The summed E-state index contributed by atoms with van der Waals surface area (Å²) in [6.07, 6.45) is 6.49. The molecule has 8 heteroatoms. The lowest BCUT2D eigenvalue weighted by Crippen LogP contribution is -2.32. The van der Waals surface area contributed by atoms with Gasteiger partial charge in [0.1, 0.15) is 11.6 Å². The number of rotatable bonds is 8. The Balaban J connectivity index is 0.000000302. The quantitative estimate of drug-likeness (QED) is 0.568. The summed E-state index contributed by atoms with van der Waals surface area (Å²) in [6.45, 7) is 6.07. The Morgan fingerprint density at radius 3 is 2.68 bits per heavy atom. The monoisotopic (exact) mass is 471 g/mol. The van der Waals surface area contributed by atoms with Crippen LogP contribution in [-0.2, 0) is 14.3 Å². The third kappa shape index (κ3) is 6.61. The second-order valence-electron chi connectivity index (χ2n) is 8.81. The molecule has 2 atom stereocenters. The molecule has 2 aliphatic rings. The average Bonchev–Trinajstić information content (AvgIpc) is 3.42. The predicted octanol–water partition coefficient (Wildman–Crippen LogP) is 4.53. The number of anilines is 1. The van der Waals surface area contributed by atoms with Crippen LogP contribution in [0.2, 0.25) is 0 Å². The summed E-state index contributed by atoms with van der Waals surface area (Å²) < 4.78 is 24.8. The van der Waals surface area contributed by atoms with Crippen molar-refractivity contribution in [3.8, 4) is 0 Å². The van der Waals surface area contributed by atoms with Gasteiger partial charge in [0.15, 0.2) is 12.1 Å². The van der Waals surface area contributed by atoms with Gasteiger partial charge >= 0.3 is 0 Å². The first-order valence-electron chi connectivity index (χ1n) is 11.9. The van der Waals surface area contributed by atoms with Gasteiger partial charge in [0, 0.05) is 25.1 Å². The van der Waals surface area contributed by atoms with Gasteiger partial charge in [-0.1, -0.05) is 19.1 Å². The highest BCUT2D eigenvalue weighted by atomic mass is 19.1. The van der Waals surface area contributed by atoms with Crippen LogP contribution in [0.25, 0.3) is 0 Å². The van der Waals surface area contributed by atoms with Crippen molar-refractivity contribution in [2.24, 2.45) is 5.92 Å². The molecule has 1 aromatic heterocycles. The fraction of sp³-hybridized carbons (Fsp3) is 0.500. The summed E-state index contributed by atoms with van der Waals surface area (Å²) in [5.41, 5.74) is 6.62. The van der Waals surface area contributed by atoms with Gasteiger partial charge in [0.2, 0.25) is 5.91 Å². The number of pyridine rings is 1. The Morgan fingerprint density at radius 1 is 1.29 bits per heavy atom. The predicted molar refractivity (Wildman–Crippen MR) is 127 cm³/mol. The molecule has 184 valence electrons. The van der Waals surface area contributed by atoms with Crippen LogP contribution in [-0.4, -0.2) is 47.6 Å². The molecule has 2 N–H and O–H groups in total. The fourth-order valence-electron chi connectivity index (χ4n) is 4.59. The molecule has 1 amide bonds. The van der Waals surface area contributed by atoms with E-state index >= 15 is 0 Å². The van der Waals surface area contributed by atoms with Crippen LogP contribution in [0.4, 0.5) is 10.2 Å². The molecule has 2 aliphatic heterocycles. The van der Waals surface area contributed by atoms with Crippen molar-refractivity contribution in [3.63, 3.8) is 0 Å². The van der Waals surface area contributed by atoms with Crippen molar-refractivity contribution in [1.82, 2.24) is 9.88 Å². The van der Waals surface area contributed by atoms with Crippen LogP contribution in [0.15, 0.2) is 42.6 Å². The number of aromatic nitrogens is 1. The first-order valence-corrected chi connectivity index (χ1v) is 11.9. The fourth-order valence-corrected chi connectivity index (χ4v) is 4.59. The van der Waals surface area contributed by atoms with E-state index in [4.69, 9.17) is 15.2 Å². The molecular weight excluding hydrogens is 437 g/mol. The molecule has 7 nitrogen and oxygen atoms in total. The second kappa shape index (κ2) is 12.0. The third-order valence-electron chi connectivity index (χ3n) is 6.43. The van der Waals surface area contributed by atoms with Crippen LogP contribution in [0.3, 0.4) is 0 Å². The zero-order valence-corrected chi connectivity index (χ0v) is 19.9. The number of hydrogen-bond acceptors (Lipinski definition) is 6. The zero-order valence-electron chi connectivity index (χ0n) is 19.9. The summed E-state index contributed by atoms with van der Waals surface area (Å²) in [5, 5.41) is 0. The summed E-state index contributed by atoms with van der Waals surface area (Å²) in [7, 11) is 0. The Kier molecular flexibility index (Phi) is 9.12. The van der Waals surface area contributed by atoms with Gasteiger partial charge in [0.25, 0.3) is 0 Å². The number of halogens is 1. The van der Waals surface area contributed by atoms with E-state index in [2.05, 4.69) is 4.98 Å². The van der Waals surface area contributed by atoms with Crippen LogP contribution in [0.1, 0.15) is 67.9 Å². The van der Waals surface area contributed by atoms with Gasteiger partial charge in [0.05, 0.1) is 24.8 Å². The molecule has 1 aromatic carbocycles. The number of amides is 1. The summed E-state index contributed by atoms with van der Waals surface area (Å²) in [4.78, 5) is 28.6. The molecular formula is C26H34FN3O4. The summed E-state index contributed by atoms with van der Waals surface area (Å²) >= 11 is 0. The number of likely N-dealkylation sites (tertiary alicyclic amines) is 1. The number of aldehydes is 1. The lowest BCUT2D eigenvalue weighted by Gasteiger charge is -2.28. The maximum atomic E-state index is 13.5. The maximum absolute atomic E-state index is 13.5. The van der Waals surface area contributed by atoms with Gasteiger partial charge in [-0.05, 0) is 62.4 Å². The SMILES string of the molecule is CC[C@@H](c1cccc(F)c1)N1CCC(CCCC2(C)OCCO2)C1=O.Nc1ncccc1C=O. The Hall–Kier alpha value is -2.84. The molecule has 0 spiro atoms. The second-order valence-corrected chi connectivity index (χ2v) is 8.81. The van der Waals surface area contributed by atoms with Crippen molar-refractivity contribution in [1.29, 1.82) is 0 Å². The van der Waals surface area contributed by atoms with Crippen molar-refractivity contribution < 1.29 is 23.5 Å². The Labute approximate surface area is 200 Å². The third-order valence-corrected chi connectivity index (χ3v) is 6.43. The molecule has 0 radical (unpaired) electrons. The summed E-state index contributed by atoms with van der Waals surface area (Å²) in [6, 6.07) is 9.87. The minimum Gasteiger partial charge on any atom is -0.383 e. The van der Waals surface area contributed by atoms with Crippen molar-refractivity contribution >= 4 is 18.0 Å². The molecule has 0 bridgehead atoms. The van der Waals surface area contributed by atoms with Crippen molar-refractivity contribution in [2.75, 3.05) is 25.5 Å². The average molecular weight is 472 g/mol. The highest BCUT2D eigenvalue weighted by Gasteiger charge is 2.37. The van der Waals surface area contributed by atoms with E-state index in [9.17, 15) is 14.0 Å². The molecule has 0 saturated carbocycles. The highest BCUT2D eigenvalue weighted by Crippen LogP contribution is 2.34. The standard InChI is InChI=1S/C20H28FNO3.C6H6N2O/c1-3-18(16-6-4-8-17(21)14-16)22-11-9-15(19(22)23)7-5-10-20(2)24-12-13-25-20;7-6-5(4-9)2-1-3-8-6/h4,6,8,14-15,18H,3,5,7,9-13H2,1-2H3;1-4H,(H2,7,8)/t15?,18-;/m0./s1. The largest absolute Gasteiger partial charge is 0.383 e. The normalized spacial score (nSPS) is 20.0. The maximum Gasteiger partial charge on any atom is 0.226 e. The van der Waals surface area contributed by atoms with E-state index in [1.165, 1.54) is 6.07 Å². The lowest BCUT2D eigenvalue weighted by molar-refractivity contribution is -0.148. The number of carbonyl (C=O) groups is 2. The van der Waals surface area contributed by atoms with Crippen LogP contribution in [0, 0.1) is 11.7 Å². The van der Waals surface area contributed by atoms with Gasteiger partial charge in [-0.2, -0.15) is 0 Å². The topological polar surface area (TPSA) is 94.8 Å². The molecule has 1 unspecified atom stereocenters. The minimum absolute atomic E-state index is 0.0350. The molecule has 2 saturated heterocycles. The highest BCUT2D eigenvalue weighted by molar-refractivity contribution is 5.81. The number of hydrogen-bond donors (Lipinski definition) is 1. The molecule has 34 heavy (non-hydrogen) atoms. The van der Waals surface area contributed by atoms with E-state index < -0.39 is 5.79 Å². The van der Waals surface area contributed by atoms with E-state index in [0.717, 1.165) is 44.2 Å². The summed E-state index contributed by atoms with van der Waals surface area (Å²) in [5.74, 6) is -0.173. The molecule has 4 rings (SSSR count). The number of nitrogen functional groups attached to an aromatic ring is 1. The van der Waals surface area contributed by atoms with Crippen molar-refractivity contribution in [2.45, 2.75) is 57.8 Å². The number of carbonyl (C=O) groups excluding carboxylic acids is 2. The Bertz CT molecular complexity index is 965. The smallest absolute Gasteiger partial charge is 0.226 e. The molecule has 0 aliphatic carbocycles.